The van der Waals surface area contributed by atoms with Gasteiger partial charge in [-0.15, -0.1) is 0 Å². The molecule has 1 aliphatic rings. The summed E-state index contributed by atoms with van der Waals surface area (Å²) in [7, 11) is 0. The lowest BCUT2D eigenvalue weighted by atomic mass is 10.2. The van der Waals surface area contributed by atoms with Gasteiger partial charge in [-0.3, -0.25) is 0 Å². The molecule has 5 heteroatoms. The van der Waals surface area contributed by atoms with E-state index in [1.54, 1.807) is 18.2 Å². The van der Waals surface area contributed by atoms with Gasteiger partial charge in [0.15, 0.2) is 5.58 Å². The predicted octanol–water partition coefficient (Wildman–Crippen LogP) is 1.70. The number of hydrogen-bond donors (Lipinski definition) is 1. The quantitative estimate of drug-likeness (QED) is 0.836. The van der Waals surface area contributed by atoms with E-state index in [-0.39, 0.29) is 12.0 Å². The Kier molecular flexibility index (Phi) is 2.18. The molecule has 0 amide bonds. The van der Waals surface area contributed by atoms with E-state index in [1.807, 2.05) is 0 Å². The summed E-state index contributed by atoms with van der Waals surface area (Å²) in [4.78, 5) is 0. The van der Waals surface area contributed by atoms with Crippen LogP contribution in [0.5, 0.6) is 11.6 Å². The molecule has 1 unspecified atom stereocenters. The maximum atomic E-state index is 9.55. The van der Waals surface area contributed by atoms with Crippen molar-refractivity contribution in [2.24, 2.45) is 0 Å². The van der Waals surface area contributed by atoms with Crippen molar-refractivity contribution < 1.29 is 19.1 Å². The molecule has 0 saturated carbocycles. The molecule has 1 aliphatic heterocycles. The second-order valence-corrected chi connectivity index (χ2v) is 3.74. The van der Waals surface area contributed by atoms with Gasteiger partial charge >= 0.3 is 0 Å². The van der Waals surface area contributed by atoms with E-state index >= 15 is 0 Å². The fourth-order valence-electron chi connectivity index (χ4n) is 1.83. The first kappa shape index (κ1) is 9.47. The number of nitrogens with zero attached hydrogens (tertiary/aromatic N) is 1. The van der Waals surface area contributed by atoms with Crippen LogP contribution < -0.4 is 4.74 Å². The molecule has 1 atom stereocenters. The molecule has 1 aromatic heterocycles. The maximum absolute atomic E-state index is 9.55. The molecular formula is C11H11NO4. The number of aromatic nitrogens is 1. The highest BCUT2D eigenvalue weighted by atomic mass is 16.5. The molecule has 2 aromatic rings. The SMILES string of the molecule is Oc1noc2cccc(OC3CCOC3)c12. The number of fused-ring (bicyclic) bond motifs is 1. The van der Waals surface area contributed by atoms with Crippen LogP contribution in [0.15, 0.2) is 22.7 Å². The van der Waals surface area contributed by atoms with Gasteiger partial charge in [-0.05, 0) is 17.3 Å². The summed E-state index contributed by atoms with van der Waals surface area (Å²) < 4.78 is 15.9. The monoisotopic (exact) mass is 221 g/mol. The molecule has 0 radical (unpaired) electrons. The van der Waals surface area contributed by atoms with E-state index in [0.29, 0.717) is 23.3 Å². The summed E-state index contributed by atoms with van der Waals surface area (Å²) in [6.07, 6.45) is 0.905. The Morgan fingerprint density at radius 1 is 1.44 bits per heavy atom. The average Bonchev–Trinajstić information content (AvgIpc) is 2.90. The molecule has 1 N–H and O–H groups in total. The van der Waals surface area contributed by atoms with Gasteiger partial charge in [0.2, 0.25) is 0 Å². The van der Waals surface area contributed by atoms with E-state index in [4.69, 9.17) is 14.0 Å². The third-order valence-corrected chi connectivity index (χ3v) is 2.62. The number of benzene rings is 1. The molecule has 2 heterocycles. The highest BCUT2D eigenvalue weighted by Gasteiger charge is 2.20. The summed E-state index contributed by atoms with van der Waals surface area (Å²) in [5, 5.41) is 13.6. The lowest BCUT2D eigenvalue weighted by Gasteiger charge is -2.11. The Morgan fingerprint density at radius 2 is 2.38 bits per heavy atom. The second kappa shape index (κ2) is 3.68. The summed E-state index contributed by atoms with van der Waals surface area (Å²) >= 11 is 0. The third kappa shape index (κ3) is 1.49. The highest BCUT2D eigenvalue weighted by Crippen LogP contribution is 2.33. The first-order chi connectivity index (χ1) is 7.84. The lowest BCUT2D eigenvalue weighted by Crippen LogP contribution is -2.15. The van der Waals surface area contributed by atoms with Crippen molar-refractivity contribution in [1.82, 2.24) is 5.16 Å². The number of hydrogen-bond acceptors (Lipinski definition) is 5. The zero-order valence-electron chi connectivity index (χ0n) is 8.55. The zero-order chi connectivity index (χ0) is 11.0. The first-order valence-corrected chi connectivity index (χ1v) is 5.16. The van der Waals surface area contributed by atoms with Crippen LogP contribution in [-0.4, -0.2) is 29.6 Å². The predicted molar refractivity (Wildman–Crippen MR) is 55.5 cm³/mol. The van der Waals surface area contributed by atoms with Gasteiger partial charge in [-0.1, -0.05) is 6.07 Å². The van der Waals surface area contributed by atoms with Crippen molar-refractivity contribution in [1.29, 1.82) is 0 Å². The highest BCUT2D eigenvalue weighted by molar-refractivity contribution is 5.88. The lowest BCUT2D eigenvalue weighted by molar-refractivity contribution is 0.142. The van der Waals surface area contributed by atoms with Crippen LogP contribution in [0.1, 0.15) is 6.42 Å². The van der Waals surface area contributed by atoms with E-state index in [0.717, 1.165) is 13.0 Å². The van der Waals surface area contributed by atoms with Crippen LogP contribution in [0.25, 0.3) is 11.0 Å². The van der Waals surface area contributed by atoms with Crippen molar-refractivity contribution in [3.05, 3.63) is 18.2 Å². The van der Waals surface area contributed by atoms with Gasteiger partial charge in [0, 0.05) is 6.42 Å². The Bertz CT molecular complexity index is 502. The molecule has 0 aliphatic carbocycles. The van der Waals surface area contributed by atoms with Crippen LogP contribution in [0.2, 0.25) is 0 Å². The third-order valence-electron chi connectivity index (χ3n) is 2.62. The minimum atomic E-state index is -0.135. The minimum absolute atomic E-state index is 0.0416. The summed E-state index contributed by atoms with van der Waals surface area (Å²) in [5.41, 5.74) is 0.522. The average molecular weight is 221 g/mol. The number of ether oxygens (including phenoxy) is 2. The summed E-state index contributed by atoms with van der Waals surface area (Å²) in [6.45, 7) is 1.30. The van der Waals surface area contributed by atoms with Crippen molar-refractivity contribution in [3.63, 3.8) is 0 Å². The van der Waals surface area contributed by atoms with Gasteiger partial charge in [0.25, 0.3) is 5.88 Å². The van der Waals surface area contributed by atoms with E-state index < -0.39 is 0 Å². The molecule has 3 rings (SSSR count). The summed E-state index contributed by atoms with van der Waals surface area (Å²) in [5.74, 6) is 0.455. The van der Waals surface area contributed by atoms with Crippen LogP contribution in [0.3, 0.4) is 0 Å². The van der Waals surface area contributed by atoms with E-state index in [9.17, 15) is 5.11 Å². The van der Waals surface area contributed by atoms with Crippen LogP contribution in [0.4, 0.5) is 0 Å². The van der Waals surface area contributed by atoms with Crippen molar-refractivity contribution >= 4 is 11.0 Å². The molecule has 0 bridgehead atoms. The zero-order valence-corrected chi connectivity index (χ0v) is 8.55. The van der Waals surface area contributed by atoms with Crippen LogP contribution in [-0.2, 0) is 4.74 Å². The molecule has 16 heavy (non-hydrogen) atoms. The van der Waals surface area contributed by atoms with Gasteiger partial charge in [-0.25, -0.2) is 0 Å². The molecule has 1 aromatic carbocycles. The molecular weight excluding hydrogens is 210 g/mol. The number of aromatic hydroxyl groups is 1. The minimum Gasteiger partial charge on any atom is -0.491 e. The molecule has 5 nitrogen and oxygen atoms in total. The Morgan fingerprint density at radius 3 is 3.19 bits per heavy atom. The molecule has 0 spiro atoms. The van der Waals surface area contributed by atoms with Gasteiger partial charge in [0.1, 0.15) is 17.2 Å². The molecule has 1 saturated heterocycles. The standard InChI is InChI=1S/C11H11NO4/c13-11-10-8(15-7-4-5-14-6-7)2-1-3-9(10)16-12-11/h1-3,7H,4-6H2,(H,12,13). The number of rotatable bonds is 2. The van der Waals surface area contributed by atoms with Crippen LogP contribution >= 0.6 is 0 Å². The summed E-state index contributed by atoms with van der Waals surface area (Å²) in [6, 6.07) is 5.33. The fraction of sp³-hybridized carbons (Fsp3) is 0.364. The fourth-order valence-corrected chi connectivity index (χ4v) is 1.83. The topological polar surface area (TPSA) is 64.7 Å². The Balaban J connectivity index is 1.98. The van der Waals surface area contributed by atoms with Crippen molar-refractivity contribution in [2.45, 2.75) is 12.5 Å². The smallest absolute Gasteiger partial charge is 0.263 e. The van der Waals surface area contributed by atoms with E-state index in [2.05, 4.69) is 5.16 Å². The largest absolute Gasteiger partial charge is 0.491 e. The normalized spacial score (nSPS) is 20.4. The Hall–Kier alpha value is -1.75. The Labute approximate surface area is 91.6 Å². The molecule has 1 fully saturated rings. The molecule has 84 valence electrons. The van der Waals surface area contributed by atoms with Crippen molar-refractivity contribution in [2.75, 3.05) is 13.2 Å². The van der Waals surface area contributed by atoms with E-state index in [1.165, 1.54) is 0 Å². The first-order valence-electron chi connectivity index (χ1n) is 5.16. The second-order valence-electron chi connectivity index (χ2n) is 3.74. The van der Waals surface area contributed by atoms with Gasteiger partial charge in [0.05, 0.1) is 13.2 Å². The van der Waals surface area contributed by atoms with Gasteiger partial charge < -0.3 is 19.1 Å². The van der Waals surface area contributed by atoms with Gasteiger partial charge in [-0.2, -0.15) is 0 Å². The van der Waals surface area contributed by atoms with Crippen LogP contribution in [0, 0.1) is 0 Å². The maximum Gasteiger partial charge on any atom is 0.263 e. The van der Waals surface area contributed by atoms with Crippen molar-refractivity contribution in [3.8, 4) is 11.6 Å².